The molecule has 1 aliphatic heterocycles. The number of hydrogen-bond acceptors (Lipinski definition) is 6. The van der Waals surface area contributed by atoms with Crippen molar-refractivity contribution in [3.8, 4) is 0 Å². The third kappa shape index (κ3) is 4.65. The van der Waals surface area contributed by atoms with E-state index in [9.17, 15) is 14.4 Å². The van der Waals surface area contributed by atoms with Crippen molar-refractivity contribution in [1.29, 1.82) is 0 Å². The molecule has 2 atom stereocenters. The lowest BCUT2D eigenvalue weighted by Gasteiger charge is -2.31. The fourth-order valence-corrected chi connectivity index (χ4v) is 3.19. The molecule has 29 heavy (non-hydrogen) atoms. The molecule has 0 bridgehead atoms. The average Bonchev–Trinajstić information content (AvgIpc) is 3.02. The summed E-state index contributed by atoms with van der Waals surface area (Å²) in [6.45, 7) is 5.45. The van der Waals surface area contributed by atoms with Gasteiger partial charge in [-0.05, 0) is 44.5 Å². The first kappa shape index (κ1) is 20.6. The molecule has 1 heterocycles. The van der Waals surface area contributed by atoms with Crippen molar-refractivity contribution in [3.63, 3.8) is 0 Å². The third-order valence-electron chi connectivity index (χ3n) is 5.13. The first-order valence-corrected chi connectivity index (χ1v) is 9.56. The van der Waals surface area contributed by atoms with Crippen LogP contribution in [-0.4, -0.2) is 36.2 Å². The van der Waals surface area contributed by atoms with Gasteiger partial charge < -0.3 is 14.2 Å². The minimum atomic E-state index is -1.20. The zero-order chi connectivity index (χ0) is 21.0. The van der Waals surface area contributed by atoms with E-state index in [1.165, 1.54) is 0 Å². The van der Waals surface area contributed by atoms with Gasteiger partial charge in [-0.1, -0.05) is 42.3 Å². The van der Waals surface area contributed by atoms with Crippen molar-refractivity contribution in [3.05, 3.63) is 70.8 Å². The van der Waals surface area contributed by atoms with Crippen LogP contribution in [0.3, 0.4) is 0 Å². The van der Waals surface area contributed by atoms with Crippen molar-refractivity contribution in [2.45, 2.75) is 45.3 Å². The molecule has 0 spiro atoms. The van der Waals surface area contributed by atoms with E-state index in [0.717, 1.165) is 11.1 Å². The molecule has 2 aromatic rings. The molecular weight excluding hydrogens is 372 g/mol. The lowest BCUT2D eigenvalue weighted by molar-refractivity contribution is -0.157. The largest absolute Gasteiger partial charge is 0.458 e. The van der Waals surface area contributed by atoms with Crippen LogP contribution in [0.4, 0.5) is 0 Å². The maximum Gasteiger partial charge on any atom is 0.338 e. The Hall–Kier alpha value is -3.15. The molecule has 152 valence electrons. The minimum Gasteiger partial charge on any atom is -0.458 e. The Kier molecular flexibility index (Phi) is 6.01. The van der Waals surface area contributed by atoms with Crippen LogP contribution in [0.25, 0.3) is 0 Å². The van der Waals surface area contributed by atoms with Gasteiger partial charge in [0.15, 0.2) is 11.7 Å². The van der Waals surface area contributed by atoms with Crippen LogP contribution < -0.4 is 0 Å². The summed E-state index contributed by atoms with van der Waals surface area (Å²) in [6.07, 6.45) is -0.571. The highest BCUT2D eigenvalue weighted by Gasteiger charge is 2.51. The molecule has 3 rings (SSSR count). The van der Waals surface area contributed by atoms with Crippen LogP contribution in [0.1, 0.15) is 51.6 Å². The Morgan fingerprint density at radius 1 is 0.966 bits per heavy atom. The monoisotopic (exact) mass is 396 g/mol. The zero-order valence-corrected chi connectivity index (χ0v) is 16.8. The molecular formula is C23H24O6. The van der Waals surface area contributed by atoms with Crippen LogP contribution in [0.15, 0.2) is 48.5 Å². The van der Waals surface area contributed by atoms with E-state index in [1.807, 2.05) is 38.1 Å². The van der Waals surface area contributed by atoms with Crippen molar-refractivity contribution < 1.29 is 28.6 Å². The fraction of sp³-hybridized carbons (Fsp3) is 0.348. The van der Waals surface area contributed by atoms with Crippen LogP contribution >= 0.6 is 0 Å². The summed E-state index contributed by atoms with van der Waals surface area (Å²) in [5, 5.41) is 0. The minimum absolute atomic E-state index is 0.0759. The summed E-state index contributed by atoms with van der Waals surface area (Å²) in [6, 6.07) is 13.9. The van der Waals surface area contributed by atoms with E-state index in [0.29, 0.717) is 17.5 Å². The molecule has 0 aromatic heterocycles. The summed E-state index contributed by atoms with van der Waals surface area (Å²) in [4.78, 5) is 36.9. The third-order valence-corrected chi connectivity index (χ3v) is 5.13. The van der Waals surface area contributed by atoms with E-state index in [2.05, 4.69) is 0 Å². The number of aryl methyl sites for hydroxylation is 2. The van der Waals surface area contributed by atoms with E-state index in [1.54, 1.807) is 31.2 Å². The Morgan fingerprint density at radius 2 is 1.48 bits per heavy atom. The molecule has 0 radical (unpaired) electrons. The highest BCUT2D eigenvalue weighted by atomic mass is 16.6. The fourth-order valence-electron chi connectivity index (χ4n) is 3.19. The number of rotatable bonds is 6. The zero-order valence-electron chi connectivity index (χ0n) is 16.8. The average molecular weight is 396 g/mol. The first-order chi connectivity index (χ1) is 13.8. The molecule has 0 saturated carbocycles. The highest BCUT2D eigenvalue weighted by molar-refractivity contribution is 5.90. The smallest absolute Gasteiger partial charge is 0.338 e. The maximum absolute atomic E-state index is 12.5. The second kappa shape index (κ2) is 8.47. The molecule has 6 nitrogen and oxygen atoms in total. The van der Waals surface area contributed by atoms with Crippen molar-refractivity contribution in [2.75, 3.05) is 6.61 Å². The predicted molar refractivity (Wildman–Crippen MR) is 106 cm³/mol. The Balaban J connectivity index is 1.71. The second-order valence-corrected chi connectivity index (χ2v) is 7.30. The number of carbonyl (C=O) groups excluding carboxylic acids is 3. The van der Waals surface area contributed by atoms with Gasteiger partial charge in [0.2, 0.25) is 0 Å². The molecule has 0 amide bonds. The van der Waals surface area contributed by atoms with Crippen molar-refractivity contribution in [1.82, 2.24) is 0 Å². The van der Waals surface area contributed by atoms with Gasteiger partial charge in [-0.3, -0.25) is 4.79 Å². The Bertz CT molecular complexity index is 900. The number of ether oxygens (including phenoxy) is 3. The summed E-state index contributed by atoms with van der Waals surface area (Å²) >= 11 is 0. The van der Waals surface area contributed by atoms with Crippen LogP contribution in [0.2, 0.25) is 0 Å². The quantitative estimate of drug-likeness (QED) is 0.546. The van der Waals surface area contributed by atoms with Crippen LogP contribution in [0, 0.1) is 13.8 Å². The van der Waals surface area contributed by atoms with Gasteiger partial charge in [-0.25, -0.2) is 9.59 Å². The Morgan fingerprint density at radius 3 is 2.00 bits per heavy atom. The molecule has 2 unspecified atom stereocenters. The SMILES string of the molecule is CCC1(COC(=O)c2ccc(C)cc2)OC(=O)CC1OC(=O)c1ccc(C)cc1. The number of benzene rings is 2. The standard InChI is InChI=1S/C23H24O6/c1-4-23(14-27-21(25)17-9-5-15(2)6-10-17)19(13-20(24)29-23)28-22(26)18-11-7-16(3)8-12-18/h5-12,19H,4,13-14H2,1-3H3. The summed E-state index contributed by atoms with van der Waals surface area (Å²) < 4.78 is 16.5. The lowest BCUT2D eigenvalue weighted by atomic mass is 9.94. The normalized spacial score (nSPS) is 20.8. The topological polar surface area (TPSA) is 78.9 Å². The molecule has 1 saturated heterocycles. The second-order valence-electron chi connectivity index (χ2n) is 7.30. The number of cyclic esters (lactones) is 1. The lowest BCUT2D eigenvalue weighted by Crippen LogP contribution is -2.46. The summed E-state index contributed by atoms with van der Waals surface area (Å²) in [5.74, 6) is -1.56. The van der Waals surface area contributed by atoms with E-state index in [4.69, 9.17) is 14.2 Å². The first-order valence-electron chi connectivity index (χ1n) is 9.56. The van der Waals surface area contributed by atoms with E-state index in [-0.39, 0.29) is 13.0 Å². The molecule has 2 aromatic carbocycles. The van der Waals surface area contributed by atoms with Gasteiger partial charge in [0, 0.05) is 0 Å². The highest BCUT2D eigenvalue weighted by Crippen LogP contribution is 2.34. The van der Waals surface area contributed by atoms with Gasteiger partial charge in [0.25, 0.3) is 0 Å². The molecule has 6 heteroatoms. The van der Waals surface area contributed by atoms with Crippen LogP contribution in [-0.2, 0) is 19.0 Å². The van der Waals surface area contributed by atoms with Gasteiger partial charge in [0.1, 0.15) is 6.61 Å². The molecule has 1 fully saturated rings. The Labute approximate surface area is 169 Å². The van der Waals surface area contributed by atoms with E-state index >= 15 is 0 Å². The van der Waals surface area contributed by atoms with Gasteiger partial charge in [0.05, 0.1) is 17.5 Å². The predicted octanol–water partition coefficient (Wildman–Crippen LogP) is 3.78. The van der Waals surface area contributed by atoms with Crippen molar-refractivity contribution in [2.24, 2.45) is 0 Å². The van der Waals surface area contributed by atoms with Gasteiger partial charge in [-0.2, -0.15) is 0 Å². The summed E-state index contributed by atoms with van der Waals surface area (Å²) in [5.41, 5.74) is 1.64. The molecule has 0 N–H and O–H groups in total. The molecule has 0 aliphatic carbocycles. The number of hydrogen-bond donors (Lipinski definition) is 0. The number of esters is 3. The van der Waals surface area contributed by atoms with E-state index < -0.39 is 29.6 Å². The summed E-state index contributed by atoms with van der Waals surface area (Å²) in [7, 11) is 0. The van der Waals surface area contributed by atoms with Crippen molar-refractivity contribution >= 4 is 17.9 Å². The van der Waals surface area contributed by atoms with Gasteiger partial charge >= 0.3 is 17.9 Å². The van der Waals surface area contributed by atoms with Crippen LogP contribution in [0.5, 0.6) is 0 Å². The maximum atomic E-state index is 12.5. The number of carbonyl (C=O) groups is 3. The molecule has 1 aliphatic rings. The van der Waals surface area contributed by atoms with Gasteiger partial charge in [-0.15, -0.1) is 0 Å².